The Bertz CT molecular complexity index is 629. The van der Waals surface area contributed by atoms with Crippen molar-refractivity contribution in [3.8, 4) is 0 Å². The fourth-order valence-corrected chi connectivity index (χ4v) is 2.54. The number of likely N-dealkylation sites (N-methyl/N-ethyl adjacent to an activating group) is 1. The molecule has 0 bridgehead atoms. The van der Waals surface area contributed by atoms with Gasteiger partial charge >= 0.3 is 12.1 Å². The number of hydrogen-bond donors (Lipinski definition) is 2. The summed E-state index contributed by atoms with van der Waals surface area (Å²) in [6.07, 6.45) is 2.45. The zero-order valence-electron chi connectivity index (χ0n) is 18.6. The Labute approximate surface area is 168 Å². The highest BCUT2D eigenvalue weighted by Gasteiger charge is 2.39. The van der Waals surface area contributed by atoms with Crippen molar-refractivity contribution in [2.24, 2.45) is 11.3 Å². The lowest BCUT2D eigenvalue weighted by molar-refractivity contribution is -0.137. The zero-order chi connectivity index (χ0) is 22.4. The molecule has 0 spiro atoms. The zero-order valence-corrected chi connectivity index (χ0v) is 18.6. The van der Waals surface area contributed by atoms with Crippen molar-refractivity contribution in [3.63, 3.8) is 0 Å². The average molecular weight is 397 g/mol. The first-order valence-corrected chi connectivity index (χ1v) is 9.35. The maximum Gasteiger partial charge on any atom is 0.408 e. The number of ether oxygens (including phenoxy) is 1. The first-order chi connectivity index (χ1) is 12.5. The molecular weight excluding hydrogens is 360 g/mol. The number of amides is 2. The highest BCUT2D eigenvalue weighted by Crippen LogP contribution is 2.26. The van der Waals surface area contributed by atoms with E-state index >= 15 is 0 Å². The molecule has 0 radical (unpaired) electrons. The molecule has 7 heteroatoms. The Morgan fingerprint density at radius 1 is 1.14 bits per heavy atom. The Balaban J connectivity index is 5.85. The summed E-state index contributed by atoms with van der Waals surface area (Å²) in [4.78, 5) is 38.3. The van der Waals surface area contributed by atoms with Crippen LogP contribution in [0.15, 0.2) is 24.3 Å². The van der Waals surface area contributed by atoms with E-state index in [1.54, 1.807) is 53.8 Å². The molecule has 0 fully saturated rings. The van der Waals surface area contributed by atoms with Gasteiger partial charge in [-0.05, 0) is 33.6 Å². The summed E-state index contributed by atoms with van der Waals surface area (Å²) in [6.45, 7) is 17.8. The predicted molar refractivity (Wildman–Crippen MR) is 110 cm³/mol. The minimum atomic E-state index is -1.04. The summed E-state index contributed by atoms with van der Waals surface area (Å²) in [6, 6.07) is -1.38. The van der Waals surface area contributed by atoms with E-state index in [1.165, 1.54) is 11.8 Å². The number of carbonyl (C=O) groups is 3. The number of hydrogen-bond acceptors (Lipinski definition) is 4. The largest absolute Gasteiger partial charge is 0.478 e. The molecular formula is C21H36N2O5. The van der Waals surface area contributed by atoms with Crippen LogP contribution < -0.4 is 5.32 Å². The second kappa shape index (κ2) is 9.75. The van der Waals surface area contributed by atoms with Gasteiger partial charge < -0.3 is 20.1 Å². The van der Waals surface area contributed by atoms with Crippen LogP contribution in [-0.2, 0) is 14.3 Å². The summed E-state index contributed by atoms with van der Waals surface area (Å²) >= 11 is 0. The van der Waals surface area contributed by atoms with Gasteiger partial charge in [0.05, 0.1) is 6.04 Å². The molecule has 2 atom stereocenters. The number of aliphatic carboxylic acids is 1. The first-order valence-electron chi connectivity index (χ1n) is 9.35. The molecule has 0 aliphatic carbocycles. The van der Waals surface area contributed by atoms with Gasteiger partial charge in [-0.15, -0.1) is 6.58 Å². The van der Waals surface area contributed by atoms with E-state index in [0.717, 1.165) is 0 Å². The fourth-order valence-electron chi connectivity index (χ4n) is 2.54. The molecule has 2 N–H and O–H groups in total. The molecule has 0 aliphatic heterocycles. The quantitative estimate of drug-likeness (QED) is 0.483. The lowest BCUT2D eigenvalue weighted by Gasteiger charge is -2.38. The van der Waals surface area contributed by atoms with Crippen molar-refractivity contribution in [2.45, 2.75) is 73.1 Å². The van der Waals surface area contributed by atoms with Crippen molar-refractivity contribution in [2.75, 3.05) is 7.05 Å². The monoisotopic (exact) mass is 396 g/mol. The van der Waals surface area contributed by atoms with E-state index in [2.05, 4.69) is 11.9 Å². The molecule has 0 rings (SSSR count). The van der Waals surface area contributed by atoms with Gasteiger partial charge in [-0.2, -0.15) is 0 Å². The first kappa shape index (κ1) is 25.7. The standard InChI is InChI=1S/C21H36N2O5/c1-11-21(8,9)16(22-19(27)28-20(5,6)7)17(24)23(10)15(13(2)3)12-14(4)18(25)26/h11-13,15-16H,1H2,2-10H3,(H,22,27)(H,25,26)/b14-12+/t15-,16?/m1/s1. The van der Waals surface area contributed by atoms with E-state index in [4.69, 9.17) is 4.74 Å². The molecule has 1 unspecified atom stereocenters. The predicted octanol–water partition coefficient (Wildman–Crippen LogP) is 3.61. The maximum absolute atomic E-state index is 13.3. The van der Waals surface area contributed by atoms with Crippen LogP contribution in [-0.4, -0.2) is 52.7 Å². The topological polar surface area (TPSA) is 95.9 Å². The van der Waals surface area contributed by atoms with E-state index in [-0.39, 0.29) is 17.4 Å². The van der Waals surface area contributed by atoms with E-state index in [9.17, 15) is 19.5 Å². The minimum absolute atomic E-state index is 0.0303. The Kier molecular flexibility index (Phi) is 8.95. The SMILES string of the molecule is C=CC(C)(C)C(NC(=O)OC(C)(C)C)C(=O)N(C)[C@H](/C=C(\C)C(=O)O)C(C)C. The number of carboxylic acid groups (broad SMARTS) is 1. The second-order valence-corrected chi connectivity index (χ2v) is 8.94. The van der Waals surface area contributed by atoms with Crippen molar-refractivity contribution < 1.29 is 24.2 Å². The van der Waals surface area contributed by atoms with E-state index < -0.39 is 35.2 Å². The maximum atomic E-state index is 13.3. The number of carboxylic acids is 1. The highest BCUT2D eigenvalue weighted by atomic mass is 16.6. The molecule has 2 amide bonds. The number of nitrogens with zero attached hydrogens (tertiary/aromatic N) is 1. The third-order valence-electron chi connectivity index (χ3n) is 4.41. The number of alkyl carbamates (subject to hydrolysis) is 1. The Morgan fingerprint density at radius 3 is 2.00 bits per heavy atom. The van der Waals surface area contributed by atoms with Crippen LogP contribution in [0.2, 0.25) is 0 Å². The van der Waals surface area contributed by atoms with Crippen LogP contribution in [0.4, 0.5) is 4.79 Å². The van der Waals surface area contributed by atoms with Gasteiger partial charge in [-0.25, -0.2) is 9.59 Å². The van der Waals surface area contributed by atoms with Crippen molar-refractivity contribution >= 4 is 18.0 Å². The average Bonchev–Trinajstić information content (AvgIpc) is 2.53. The molecule has 7 nitrogen and oxygen atoms in total. The van der Waals surface area contributed by atoms with Crippen LogP contribution in [0, 0.1) is 11.3 Å². The molecule has 0 heterocycles. The highest BCUT2D eigenvalue weighted by molar-refractivity contribution is 5.88. The minimum Gasteiger partial charge on any atom is -0.478 e. The van der Waals surface area contributed by atoms with Gasteiger partial charge in [-0.3, -0.25) is 4.79 Å². The summed E-state index contributed by atoms with van der Waals surface area (Å²) in [7, 11) is 1.60. The van der Waals surface area contributed by atoms with Crippen LogP contribution >= 0.6 is 0 Å². The molecule has 0 aromatic rings. The van der Waals surface area contributed by atoms with Crippen molar-refractivity contribution in [1.82, 2.24) is 10.2 Å². The Morgan fingerprint density at radius 2 is 1.64 bits per heavy atom. The van der Waals surface area contributed by atoms with Crippen LogP contribution in [0.5, 0.6) is 0 Å². The third kappa shape index (κ3) is 7.74. The molecule has 28 heavy (non-hydrogen) atoms. The number of nitrogens with one attached hydrogen (secondary N) is 1. The third-order valence-corrected chi connectivity index (χ3v) is 4.41. The van der Waals surface area contributed by atoms with Crippen LogP contribution in [0.25, 0.3) is 0 Å². The Hall–Kier alpha value is -2.31. The van der Waals surface area contributed by atoms with Gasteiger partial charge in [0, 0.05) is 18.0 Å². The molecule has 0 saturated heterocycles. The molecule has 0 aliphatic rings. The van der Waals surface area contributed by atoms with Crippen molar-refractivity contribution in [1.29, 1.82) is 0 Å². The summed E-state index contributed by atoms with van der Waals surface area (Å²) < 4.78 is 5.30. The summed E-state index contributed by atoms with van der Waals surface area (Å²) in [5.74, 6) is -1.43. The summed E-state index contributed by atoms with van der Waals surface area (Å²) in [5.41, 5.74) is -1.31. The molecule has 160 valence electrons. The summed E-state index contributed by atoms with van der Waals surface area (Å²) in [5, 5.41) is 11.8. The normalized spacial score (nSPS) is 14.9. The van der Waals surface area contributed by atoms with Gasteiger partial charge in [0.15, 0.2) is 0 Å². The number of carbonyl (C=O) groups excluding carboxylic acids is 2. The second-order valence-electron chi connectivity index (χ2n) is 8.94. The van der Waals surface area contributed by atoms with Gasteiger partial charge in [-0.1, -0.05) is 39.8 Å². The lowest BCUT2D eigenvalue weighted by atomic mass is 9.83. The number of rotatable bonds is 8. The molecule has 0 saturated carbocycles. The van der Waals surface area contributed by atoms with Crippen LogP contribution in [0.3, 0.4) is 0 Å². The van der Waals surface area contributed by atoms with E-state index in [0.29, 0.717) is 0 Å². The molecule has 0 aromatic carbocycles. The van der Waals surface area contributed by atoms with Gasteiger partial charge in [0.2, 0.25) is 5.91 Å². The fraction of sp³-hybridized carbons (Fsp3) is 0.667. The smallest absolute Gasteiger partial charge is 0.408 e. The van der Waals surface area contributed by atoms with E-state index in [1.807, 2.05) is 13.8 Å². The van der Waals surface area contributed by atoms with Crippen molar-refractivity contribution in [3.05, 3.63) is 24.3 Å². The van der Waals surface area contributed by atoms with Gasteiger partial charge in [0.1, 0.15) is 11.6 Å². The van der Waals surface area contributed by atoms with Gasteiger partial charge in [0.25, 0.3) is 0 Å². The molecule has 0 aromatic heterocycles. The van der Waals surface area contributed by atoms with Crippen LogP contribution in [0.1, 0.15) is 55.4 Å². The lowest BCUT2D eigenvalue weighted by Crippen LogP contribution is -2.57.